The van der Waals surface area contributed by atoms with Crippen LogP contribution in [0.5, 0.6) is 0 Å². The molecule has 0 spiro atoms. The highest BCUT2D eigenvalue weighted by Crippen LogP contribution is 2.19. The van der Waals surface area contributed by atoms with Crippen LogP contribution in [-0.4, -0.2) is 43.4 Å². The molecular formula is C10H15N3O2. The molecule has 0 saturated carbocycles. The number of nitrogens with zero attached hydrogens (tertiary/aromatic N) is 2. The van der Waals surface area contributed by atoms with Gasteiger partial charge in [0.1, 0.15) is 6.54 Å². The van der Waals surface area contributed by atoms with Gasteiger partial charge in [-0.3, -0.25) is 9.79 Å². The minimum atomic E-state index is -0.190. The summed E-state index contributed by atoms with van der Waals surface area (Å²) in [4.78, 5) is 15.4. The van der Waals surface area contributed by atoms with Gasteiger partial charge >= 0.3 is 5.97 Å². The van der Waals surface area contributed by atoms with Crippen molar-refractivity contribution in [1.82, 2.24) is 10.4 Å². The van der Waals surface area contributed by atoms with Gasteiger partial charge in [0.25, 0.3) is 0 Å². The highest BCUT2D eigenvalue weighted by Gasteiger charge is 2.28. The number of rotatable bonds is 3. The van der Waals surface area contributed by atoms with Gasteiger partial charge in [-0.25, -0.2) is 5.01 Å². The normalized spacial score (nSPS) is 24.3. The largest absolute Gasteiger partial charge is 0.465 e. The number of fused-ring (bicyclic) bond motifs is 1. The summed E-state index contributed by atoms with van der Waals surface area (Å²) in [6, 6.07) is 0. The van der Waals surface area contributed by atoms with E-state index in [1.807, 2.05) is 18.0 Å². The van der Waals surface area contributed by atoms with Crippen LogP contribution in [0.1, 0.15) is 6.92 Å². The number of dihydropyridines is 1. The quantitative estimate of drug-likeness (QED) is 0.662. The van der Waals surface area contributed by atoms with Crippen molar-refractivity contribution in [2.75, 3.05) is 26.2 Å². The summed E-state index contributed by atoms with van der Waals surface area (Å²) >= 11 is 0. The molecule has 5 heteroatoms. The third-order valence-corrected chi connectivity index (χ3v) is 2.48. The van der Waals surface area contributed by atoms with Gasteiger partial charge in [0.05, 0.1) is 6.61 Å². The highest BCUT2D eigenvalue weighted by atomic mass is 16.5. The van der Waals surface area contributed by atoms with Gasteiger partial charge in [0, 0.05) is 30.9 Å². The lowest BCUT2D eigenvalue weighted by Crippen LogP contribution is -2.36. The Bertz CT molecular complexity index is 312. The zero-order valence-corrected chi connectivity index (χ0v) is 8.77. The van der Waals surface area contributed by atoms with Crippen LogP contribution in [0, 0.1) is 5.92 Å². The molecule has 1 fully saturated rings. The first-order valence-electron chi connectivity index (χ1n) is 5.17. The van der Waals surface area contributed by atoms with E-state index in [1.165, 1.54) is 0 Å². The van der Waals surface area contributed by atoms with Crippen LogP contribution in [0.3, 0.4) is 0 Å². The summed E-state index contributed by atoms with van der Waals surface area (Å²) < 4.78 is 4.89. The van der Waals surface area contributed by atoms with Crippen molar-refractivity contribution in [3.05, 3.63) is 11.8 Å². The van der Waals surface area contributed by atoms with E-state index in [0.717, 1.165) is 18.8 Å². The molecule has 2 aliphatic rings. The minimum Gasteiger partial charge on any atom is -0.465 e. The lowest BCUT2D eigenvalue weighted by atomic mass is 10.1. The molecule has 0 aromatic rings. The molecule has 0 amide bonds. The first kappa shape index (κ1) is 10.2. The molecular weight excluding hydrogens is 194 g/mol. The Kier molecular flexibility index (Phi) is 3.01. The summed E-state index contributed by atoms with van der Waals surface area (Å²) in [5.41, 5.74) is 4.33. The molecule has 2 rings (SSSR count). The number of carbonyl (C=O) groups is 1. The number of allylic oxidation sites excluding steroid dienone is 1. The number of aliphatic imine (C=N–C) groups is 1. The second-order valence-corrected chi connectivity index (χ2v) is 3.63. The summed E-state index contributed by atoms with van der Waals surface area (Å²) in [6.45, 7) is 4.16. The van der Waals surface area contributed by atoms with Gasteiger partial charge in [0.15, 0.2) is 0 Å². The van der Waals surface area contributed by atoms with Crippen molar-refractivity contribution in [1.29, 1.82) is 0 Å². The summed E-state index contributed by atoms with van der Waals surface area (Å²) in [5.74, 6) is 0.217. The Hall–Kier alpha value is -1.36. The number of hydrazine groups is 1. The Labute approximate surface area is 88.8 Å². The number of hydrogen-bond donors (Lipinski definition) is 1. The molecule has 0 aromatic carbocycles. The van der Waals surface area contributed by atoms with Crippen molar-refractivity contribution in [3.63, 3.8) is 0 Å². The highest BCUT2D eigenvalue weighted by molar-refractivity contribution is 5.74. The van der Waals surface area contributed by atoms with Crippen LogP contribution in [0.2, 0.25) is 0 Å². The Morgan fingerprint density at radius 2 is 2.67 bits per heavy atom. The number of nitrogens with one attached hydrogen (secondary N) is 1. The van der Waals surface area contributed by atoms with Crippen LogP contribution in [-0.2, 0) is 9.53 Å². The van der Waals surface area contributed by atoms with Crippen LogP contribution >= 0.6 is 0 Å². The molecule has 15 heavy (non-hydrogen) atoms. The number of carbonyl (C=O) groups excluding carboxylic acids is 1. The van der Waals surface area contributed by atoms with E-state index in [0.29, 0.717) is 19.1 Å². The van der Waals surface area contributed by atoms with Crippen LogP contribution in [0.15, 0.2) is 16.8 Å². The second kappa shape index (κ2) is 4.44. The van der Waals surface area contributed by atoms with Gasteiger partial charge in [-0.1, -0.05) is 0 Å². The molecule has 2 heterocycles. The van der Waals surface area contributed by atoms with Crippen LogP contribution in [0.4, 0.5) is 0 Å². The molecule has 1 unspecified atom stereocenters. The monoisotopic (exact) mass is 209 g/mol. The van der Waals surface area contributed by atoms with E-state index in [9.17, 15) is 4.79 Å². The molecule has 1 saturated heterocycles. The van der Waals surface area contributed by atoms with Crippen LogP contribution in [0.25, 0.3) is 0 Å². The van der Waals surface area contributed by atoms with E-state index in [2.05, 4.69) is 10.4 Å². The Morgan fingerprint density at radius 3 is 3.40 bits per heavy atom. The molecule has 0 bridgehead atoms. The van der Waals surface area contributed by atoms with Gasteiger partial charge in [-0.05, 0) is 13.0 Å². The fourth-order valence-corrected chi connectivity index (χ4v) is 1.80. The summed E-state index contributed by atoms with van der Waals surface area (Å²) in [6.07, 6.45) is 3.76. The maximum atomic E-state index is 11.3. The average molecular weight is 209 g/mol. The molecule has 0 aromatic heterocycles. The van der Waals surface area contributed by atoms with Crippen molar-refractivity contribution in [3.8, 4) is 0 Å². The lowest BCUT2D eigenvalue weighted by Gasteiger charge is -2.14. The van der Waals surface area contributed by atoms with Crippen molar-refractivity contribution in [2.24, 2.45) is 10.9 Å². The standard InChI is InChI=1S/C10H15N3O2/c1-2-15-10(14)7-13-6-8-5-11-4-3-9(8)12-13/h3-4,8,12H,2,5-7H2,1H3. The van der Waals surface area contributed by atoms with Gasteiger partial charge in [-0.2, -0.15) is 0 Å². The van der Waals surface area contributed by atoms with E-state index in [1.54, 1.807) is 6.21 Å². The zero-order chi connectivity index (χ0) is 10.7. The minimum absolute atomic E-state index is 0.190. The molecule has 2 aliphatic heterocycles. The van der Waals surface area contributed by atoms with Crippen molar-refractivity contribution in [2.45, 2.75) is 6.92 Å². The SMILES string of the molecule is CCOC(=O)CN1CC2CN=CC=C2N1. The maximum absolute atomic E-state index is 11.3. The first-order chi connectivity index (χ1) is 7.29. The lowest BCUT2D eigenvalue weighted by molar-refractivity contribution is -0.144. The molecule has 0 aliphatic carbocycles. The van der Waals surface area contributed by atoms with E-state index < -0.39 is 0 Å². The summed E-state index contributed by atoms with van der Waals surface area (Å²) in [7, 11) is 0. The molecule has 1 atom stereocenters. The average Bonchev–Trinajstić information content (AvgIpc) is 2.59. The molecule has 82 valence electrons. The molecule has 1 N–H and O–H groups in total. The topological polar surface area (TPSA) is 53.9 Å². The third kappa shape index (κ3) is 2.36. The van der Waals surface area contributed by atoms with E-state index in [4.69, 9.17) is 4.74 Å². The predicted molar refractivity (Wildman–Crippen MR) is 56.3 cm³/mol. The second-order valence-electron chi connectivity index (χ2n) is 3.63. The van der Waals surface area contributed by atoms with Crippen LogP contribution < -0.4 is 5.43 Å². The fraction of sp³-hybridized carbons (Fsp3) is 0.600. The number of ether oxygens (including phenoxy) is 1. The zero-order valence-electron chi connectivity index (χ0n) is 8.77. The van der Waals surface area contributed by atoms with Gasteiger partial charge in [-0.15, -0.1) is 0 Å². The molecule has 5 nitrogen and oxygen atoms in total. The summed E-state index contributed by atoms with van der Waals surface area (Å²) in [5, 5.41) is 1.88. The predicted octanol–water partition coefficient (Wildman–Crippen LogP) is -0.0458. The van der Waals surface area contributed by atoms with Crippen molar-refractivity contribution >= 4 is 12.2 Å². The van der Waals surface area contributed by atoms with E-state index >= 15 is 0 Å². The number of esters is 1. The molecule has 0 radical (unpaired) electrons. The van der Waals surface area contributed by atoms with Crippen molar-refractivity contribution < 1.29 is 9.53 Å². The fourth-order valence-electron chi connectivity index (χ4n) is 1.80. The Morgan fingerprint density at radius 1 is 1.80 bits per heavy atom. The van der Waals surface area contributed by atoms with Gasteiger partial charge < -0.3 is 10.2 Å². The number of hydrogen-bond acceptors (Lipinski definition) is 5. The third-order valence-electron chi connectivity index (χ3n) is 2.48. The van der Waals surface area contributed by atoms with E-state index in [-0.39, 0.29) is 5.97 Å². The smallest absolute Gasteiger partial charge is 0.322 e. The van der Waals surface area contributed by atoms with Gasteiger partial charge in [0.2, 0.25) is 0 Å². The Balaban J connectivity index is 1.85. The maximum Gasteiger partial charge on any atom is 0.322 e. The first-order valence-corrected chi connectivity index (χ1v) is 5.17.